The minimum atomic E-state index is -0.0256. The van der Waals surface area contributed by atoms with Crippen molar-refractivity contribution in [3.8, 4) is 5.75 Å². The number of nitrogens with two attached hydrogens (primary N) is 1. The highest BCUT2D eigenvalue weighted by Crippen LogP contribution is 2.36. The Morgan fingerprint density at radius 2 is 1.97 bits per heavy atom. The Bertz CT molecular complexity index is 1190. The van der Waals surface area contributed by atoms with Crippen LogP contribution < -0.4 is 15.8 Å². The molecule has 4 rings (SSSR count). The Kier molecular flexibility index (Phi) is 5.58. The number of ether oxygens (including phenoxy) is 1. The number of hydrogen-bond acceptors (Lipinski definition) is 7. The van der Waals surface area contributed by atoms with Gasteiger partial charge in [0.2, 0.25) is 0 Å². The third-order valence-electron chi connectivity index (χ3n) is 4.33. The molecule has 0 bridgehead atoms. The van der Waals surface area contributed by atoms with Gasteiger partial charge in [0, 0.05) is 28.4 Å². The van der Waals surface area contributed by atoms with Crippen LogP contribution in [0.4, 0.5) is 17.2 Å². The zero-order valence-corrected chi connectivity index (χ0v) is 17.5. The maximum absolute atomic E-state index is 7.61. The molecule has 0 unspecified atom stereocenters. The summed E-state index contributed by atoms with van der Waals surface area (Å²) in [6, 6.07) is 15.7. The van der Waals surface area contributed by atoms with E-state index in [1.54, 1.807) is 23.9 Å². The van der Waals surface area contributed by atoms with E-state index in [9.17, 15) is 0 Å². The summed E-state index contributed by atoms with van der Waals surface area (Å²) in [7, 11) is 0. The summed E-state index contributed by atoms with van der Waals surface area (Å²) < 4.78 is 5.92. The van der Waals surface area contributed by atoms with Crippen LogP contribution in [0.2, 0.25) is 0 Å². The van der Waals surface area contributed by atoms with Gasteiger partial charge in [-0.1, -0.05) is 30.0 Å². The molecule has 0 amide bonds. The molecule has 0 aliphatic carbocycles. The molecule has 0 fully saturated rings. The molecule has 30 heavy (non-hydrogen) atoms. The van der Waals surface area contributed by atoms with Crippen LogP contribution in [0, 0.1) is 5.41 Å². The summed E-state index contributed by atoms with van der Waals surface area (Å²) >= 11 is 1.63. The molecule has 0 atom stereocenters. The van der Waals surface area contributed by atoms with Gasteiger partial charge in [0.15, 0.2) is 0 Å². The van der Waals surface area contributed by atoms with E-state index in [-0.39, 0.29) is 6.10 Å². The Balaban J connectivity index is 1.71. The maximum Gasteiger partial charge on any atom is 0.145 e. The molecule has 5 N–H and O–H groups in total. The summed E-state index contributed by atoms with van der Waals surface area (Å²) in [5.74, 6) is 1.25. The summed E-state index contributed by atoms with van der Waals surface area (Å²) in [4.78, 5) is 13.2. The molecular formula is C22H22N6OS. The first-order chi connectivity index (χ1) is 14.5. The first kappa shape index (κ1) is 19.8. The number of anilines is 3. The van der Waals surface area contributed by atoms with Crippen molar-refractivity contribution in [1.29, 1.82) is 5.41 Å². The Labute approximate surface area is 178 Å². The number of aromatic amines is 1. The highest BCUT2D eigenvalue weighted by molar-refractivity contribution is 7.99. The number of aromatic nitrogens is 3. The highest BCUT2D eigenvalue weighted by Gasteiger charge is 2.14. The van der Waals surface area contributed by atoms with Crippen molar-refractivity contribution in [2.75, 3.05) is 11.1 Å². The van der Waals surface area contributed by atoms with Crippen molar-refractivity contribution in [1.82, 2.24) is 15.0 Å². The topological polar surface area (TPSA) is 113 Å². The molecule has 0 aliphatic rings. The average molecular weight is 419 g/mol. The van der Waals surface area contributed by atoms with E-state index in [0.29, 0.717) is 28.5 Å². The van der Waals surface area contributed by atoms with Gasteiger partial charge in [-0.25, -0.2) is 9.97 Å². The quantitative estimate of drug-likeness (QED) is 0.242. The molecule has 0 radical (unpaired) electrons. The van der Waals surface area contributed by atoms with Crippen LogP contribution in [-0.2, 0) is 0 Å². The number of nitrogens with one attached hydrogen (secondary N) is 3. The number of nitrogens with zero attached hydrogens (tertiary/aromatic N) is 2. The van der Waals surface area contributed by atoms with Gasteiger partial charge >= 0.3 is 0 Å². The van der Waals surface area contributed by atoms with E-state index in [1.165, 1.54) is 12.5 Å². The molecule has 0 saturated heterocycles. The molecule has 4 aromatic rings. The first-order valence-electron chi connectivity index (χ1n) is 9.48. The van der Waals surface area contributed by atoms with Crippen LogP contribution in [0.25, 0.3) is 11.0 Å². The van der Waals surface area contributed by atoms with Crippen molar-refractivity contribution >= 4 is 46.2 Å². The molecular weight excluding hydrogens is 396 g/mol. The largest absolute Gasteiger partial charge is 0.489 e. The van der Waals surface area contributed by atoms with E-state index in [1.807, 2.05) is 38.1 Å². The van der Waals surface area contributed by atoms with Gasteiger partial charge in [-0.15, -0.1) is 0 Å². The van der Waals surface area contributed by atoms with Gasteiger partial charge in [0.05, 0.1) is 22.2 Å². The van der Waals surface area contributed by atoms with Crippen molar-refractivity contribution in [3.63, 3.8) is 0 Å². The number of nitrogen functional groups attached to an aromatic ring is 1. The lowest BCUT2D eigenvalue weighted by molar-refractivity contribution is 0.244. The molecule has 0 saturated carbocycles. The number of benzene rings is 2. The van der Waals surface area contributed by atoms with Crippen molar-refractivity contribution in [3.05, 3.63) is 60.4 Å². The van der Waals surface area contributed by atoms with Gasteiger partial charge < -0.3 is 26.2 Å². The van der Waals surface area contributed by atoms with E-state index >= 15 is 0 Å². The van der Waals surface area contributed by atoms with Gasteiger partial charge in [0.1, 0.15) is 23.5 Å². The van der Waals surface area contributed by atoms with Gasteiger partial charge in [-0.2, -0.15) is 0 Å². The summed E-state index contributed by atoms with van der Waals surface area (Å²) in [6.45, 7) is 3.90. The molecule has 0 aliphatic heterocycles. The van der Waals surface area contributed by atoms with E-state index in [0.717, 1.165) is 21.0 Å². The van der Waals surface area contributed by atoms with Gasteiger partial charge in [0.25, 0.3) is 0 Å². The summed E-state index contributed by atoms with van der Waals surface area (Å²) in [6.07, 6.45) is 2.71. The van der Waals surface area contributed by atoms with Crippen molar-refractivity contribution < 1.29 is 4.74 Å². The van der Waals surface area contributed by atoms with Crippen molar-refractivity contribution in [2.45, 2.75) is 29.9 Å². The van der Waals surface area contributed by atoms with Gasteiger partial charge in [-0.05, 0) is 38.1 Å². The van der Waals surface area contributed by atoms with Crippen LogP contribution >= 0.6 is 11.8 Å². The van der Waals surface area contributed by atoms with Crippen LogP contribution in [0.3, 0.4) is 0 Å². The van der Waals surface area contributed by atoms with Crippen LogP contribution in [-0.4, -0.2) is 27.3 Å². The standard InChI is InChI=1S/C22H22N6OS/c1-13(2)29-19-10-17(24)14(11-23)8-18(19)27-21-16-9-20(28-22(16)26-12-25-21)30-15-6-4-3-5-7-15/h3-13,23H,24H2,1-2H3,(H2,25,26,27,28). The monoisotopic (exact) mass is 418 g/mol. The van der Waals surface area contributed by atoms with Crippen LogP contribution in [0.1, 0.15) is 19.4 Å². The minimum Gasteiger partial charge on any atom is -0.489 e. The van der Waals surface area contributed by atoms with E-state index in [4.69, 9.17) is 15.9 Å². The third kappa shape index (κ3) is 4.23. The van der Waals surface area contributed by atoms with Gasteiger partial charge in [-0.3, -0.25) is 0 Å². The molecule has 7 nitrogen and oxygen atoms in total. The highest BCUT2D eigenvalue weighted by atomic mass is 32.2. The molecule has 2 aromatic heterocycles. The molecule has 152 valence electrons. The number of rotatable bonds is 7. The molecule has 2 aromatic carbocycles. The average Bonchev–Trinajstić information content (AvgIpc) is 3.13. The smallest absolute Gasteiger partial charge is 0.145 e. The van der Waals surface area contributed by atoms with E-state index in [2.05, 4.69) is 32.4 Å². The van der Waals surface area contributed by atoms with Crippen LogP contribution in [0.15, 0.2) is 64.8 Å². The summed E-state index contributed by atoms with van der Waals surface area (Å²) in [5, 5.41) is 12.8. The second-order valence-electron chi connectivity index (χ2n) is 6.95. The number of H-pyrrole nitrogens is 1. The number of fused-ring (bicyclic) bond motifs is 1. The normalized spacial score (nSPS) is 11.0. The second-order valence-corrected chi connectivity index (χ2v) is 8.06. The lowest BCUT2D eigenvalue weighted by Gasteiger charge is -2.17. The Morgan fingerprint density at radius 3 is 2.70 bits per heavy atom. The summed E-state index contributed by atoms with van der Waals surface area (Å²) in [5.41, 5.74) is 8.56. The Morgan fingerprint density at radius 1 is 1.17 bits per heavy atom. The lowest BCUT2D eigenvalue weighted by Crippen LogP contribution is -2.09. The minimum absolute atomic E-state index is 0.0256. The molecule has 2 heterocycles. The fourth-order valence-corrected chi connectivity index (χ4v) is 3.87. The maximum atomic E-state index is 7.61. The second kappa shape index (κ2) is 8.46. The lowest BCUT2D eigenvalue weighted by atomic mass is 10.1. The predicted octanol–water partition coefficient (Wildman–Crippen LogP) is 5.22. The van der Waals surface area contributed by atoms with Crippen LogP contribution in [0.5, 0.6) is 5.75 Å². The molecule has 0 spiro atoms. The third-order valence-corrected chi connectivity index (χ3v) is 5.28. The fraction of sp³-hybridized carbons (Fsp3) is 0.136. The predicted molar refractivity (Wildman–Crippen MR) is 122 cm³/mol. The fourth-order valence-electron chi connectivity index (χ4n) is 3.00. The first-order valence-corrected chi connectivity index (χ1v) is 10.3. The van der Waals surface area contributed by atoms with Crippen molar-refractivity contribution in [2.24, 2.45) is 0 Å². The zero-order chi connectivity index (χ0) is 21.1. The molecule has 8 heteroatoms. The SMILES string of the molecule is CC(C)Oc1cc(N)c(C=N)cc1Nc1ncnc2[nH]c(Sc3ccccc3)cc12. The Hall–Kier alpha value is -3.52. The number of hydrogen-bond donors (Lipinski definition) is 4. The van der Waals surface area contributed by atoms with E-state index < -0.39 is 0 Å². The zero-order valence-electron chi connectivity index (χ0n) is 16.6.